The van der Waals surface area contributed by atoms with E-state index in [-0.39, 0.29) is 11.2 Å². The second-order valence-corrected chi connectivity index (χ2v) is 8.57. The van der Waals surface area contributed by atoms with Gasteiger partial charge in [-0.25, -0.2) is 9.99 Å². The molecule has 1 aliphatic rings. The van der Waals surface area contributed by atoms with Crippen LogP contribution in [0.2, 0.25) is 0 Å². The molecule has 1 atom stereocenters. The number of thiazole rings is 1. The Balaban J connectivity index is 1.43. The van der Waals surface area contributed by atoms with Gasteiger partial charge in [-0.15, -0.1) is 0 Å². The number of carbonyl (C=O) groups excluding carboxylic acids is 1. The Bertz CT molecular complexity index is 1240. The number of hydrogen-bond acceptors (Lipinski definition) is 7. The third-order valence-electron chi connectivity index (χ3n) is 4.66. The van der Waals surface area contributed by atoms with E-state index in [0.717, 1.165) is 21.6 Å². The monoisotopic (exact) mass is 448 g/mol. The second-order valence-electron chi connectivity index (χ2n) is 6.89. The first-order valence-electron chi connectivity index (χ1n) is 9.65. The Morgan fingerprint density at radius 2 is 2.13 bits per heavy atom. The number of rotatable bonds is 7. The highest BCUT2D eigenvalue weighted by molar-refractivity contribution is 7.81. The minimum atomic E-state index is -0.264. The highest BCUT2D eigenvalue weighted by Gasteiger charge is 2.25. The van der Waals surface area contributed by atoms with Gasteiger partial charge in [0.2, 0.25) is 0 Å². The van der Waals surface area contributed by atoms with Crippen molar-refractivity contribution in [2.75, 3.05) is 10.7 Å². The van der Waals surface area contributed by atoms with Gasteiger partial charge in [-0.3, -0.25) is 4.79 Å². The highest BCUT2D eigenvalue weighted by atomic mass is 32.1. The summed E-state index contributed by atoms with van der Waals surface area (Å²) in [5.41, 5.74) is 13.7. The van der Waals surface area contributed by atoms with Crippen LogP contribution in [0.15, 0.2) is 77.4 Å². The minimum absolute atomic E-state index is 0.0351. The van der Waals surface area contributed by atoms with E-state index in [1.807, 2.05) is 48.5 Å². The number of nitrogen functional groups attached to an aromatic ring is 1. The summed E-state index contributed by atoms with van der Waals surface area (Å²) in [5.74, 6) is 1.10. The van der Waals surface area contributed by atoms with Crippen LogP contribution in [0.1, 0.15) is 19.3 Å². The van der Waals surface area contributed by atoms with E-state index in [9.17, 15) is 4.79 Å². The molecule has 1 unspecified atom stereocenters. The van der Waals surface area contributed by atoms with Crippen molar-refractivity contribution in [1.29, 1.82) is 0 Å². The number of thiol groups is 1. The Morgan fingerprint density at radius 3 is 2.90 bits per heavy atom. The summed E-state index contributed by atoms with van der Waals surface area (Å²) in [6.07, 6.45) is 1.53. The first kappa shape index (κ1) is 21.0. The summed E-state index contributed by atoms with van der Waals surface area (Å²) in [6.45, 7) is 3.60. The molecule has 0 radical (unpaired) electrons. The molecule has 0 aliphatic carbocycles. The van der Waals surface area contributed by atoms with Crippen molar-refractivity contribution in [3.05, 3.63) is 72.3 Å². The average Bonchev–Trinajstić information content (AvgIpc) is 3.33. The van der Waals surface area contributed by atoms with E-state index < -0.39 is 0 Å². The molecule has 31 heavy (non-hydrogen) atoms. The van der Waals surface area contributed by atoms with E-state index in [0.29, 0.717) is 35.9 Å². The fourth-order valence-electron chi connectivity index (χ4n) is 3.20. The maximum Gasteiger partial charge on any atom is 0.253 e. The normalized spacial score (nSPS) is 14.2. The topological polar surface area (TPSA) is 80.8 Å². The summed E-state index contributed by atoms with van der Waals surface area (Å²) in [7, 11) is 0. The molecule has 6 nitrogen and oxygen atoms in total. The van der Waals surface area contributed by atoms with Crippen molar-refractivity contribution >= 4 is 56.6 Å². The van der Waals surface area contributed by atoms with Crippen molar-refractivity contribution in [2.24, 2.45) is 5.10 Å². The van der Waals surface area contributed by atoms with Crippen molar-refractivity contribution in [3.63, 3.8) is 0 Å². The van der Waals surface area contributed by atoms with Gasteiger partial charge >= 0.3 is 0 Å². The number of hydrogen-bond donors (Lipinski definition) is 2. The van der Waals surface area contributed by atoms with Crippen molar-refractivity contribution in [1.82, 2.24) is 4.98 Å². The number of nitrogens with two attached hydrogens (primary N) is 1. The van der Waals surface area contributed by atoms with Gasteiger partial charge in [0, 0.05) is 11.8 Å². The summed E-state index contributed by atoms with van der Waals surface area (Å²) in [5, 5.41) is 6.19. The van der Waals surface area contributed by atoms with E-state index in [2.05, 4.69) is 40.8 Å². The average molecular weight is 449 g/mol. The summed E-state index contributed by atoms with van der Waals surface area (Å²) >= 11 is 6.08. The number of fused-ring (bicyclic) bond motifs is 1. The largest absolute Gasteiger partial charge is 0.452 e. The van der Waals surface area contributed by atoms with Crippen molar-refractivity contribution in [2.45, 2.75) is 24.5 Å². The Morgan fingerprint density at radius 1 is 1.32 bits per heavy atom. The fraction of sp³-hybridized carbons (Fsp3) is 0.174. The number of ether oxygens (including phenoxy) is 1. The van der Waals surface area contributed by atoms with Gasteiger partial charge in [0.1, 0.15) is 5.75 Å². The third kappa shape index (κ3) is 4.90. The minimum Gasteiger partial charge on any atom is -0.452 e. The van der Waals surface area contributed by atoms with Gasteiger partial charge < -0.3 is 10.5 Å². The number of benzene rings is 2. The third-order valence-corrected chi connectivity index (χ3v) is 6.00. The lowest BCUT2D eigenvalue weighted by Gasteiger charge is -2.14. The van der Waals surface area contributed by atoms with Gasteiger partial charge in [-0.2, -0.15) is 17.7 Å². The van der Waals surface area contributed by atoms with Crippen LogP contribution in [0.4, 0.5) is 10.8 Å². The molecule has 1 aromatic heterocycles. The molecule has 0 spiro atoms. The molecular formula is C23H20N4O2S2. The molecule has 0 saturated heterocycles. The Kier molecular flexibility index (Phi) is 6.26. The number of anilines is 2. The molecule has 4 rings (SSSR count). The number of carbonyl (C=O) groups is 1. The molecule has 3 aromatic rings. The Labute approximate surface area is 189 Å². The van der Waals surface area contributed by atoms with Gasteiger partial charge in [0.05, 0.1) is 27.6 Å². The van der Waals surface area contributed by atoms with Crippen LogP contribution >= 0.6 is 24.0 Å². The summed E-state index contributed by atoms with van der Waals surface area (Å²) in [6, 6.07) is 15.0. The lowest BCUT2D eigenvalue weighted by Crippen LogP contribution is -2.19. The SMILES string of the molecule is C=C=C=C(Oc1ccc2nc(N)sc2c1)C(S)CCC1=NN(c2ccccc2)C(=O)C1. The summed E-state index contributed by atoms with van der Waals surface area (Å²) in [4.78, 5) is 16.6. The number of amides is 1. The van der Waals surface area contributed by atoms with Gasteiger partial charge in [0.15, 0.2) is 10.9 Å². The van der Waals surface area contributed by atoms with Gasteiger partial charge in [0.25, 0.3) is 5.91 Å². The molecular weight excluding hydrogens is 428 g/mol. The highest BCUT2D eigenvalue weighted by Crippen LogP contribution is 2.30. The number of nitrogens with zero attached hydrogens (tertiary/aromatic N) is 3. The molecule has 0 fully saturated rings. The molecule has 2 heterocycles. The molecule has 0 saturated carbocycles. The van der Waals surface area contributed by atoms with Crippen LogP contribution in [-0.2, 0) is 4.79 Å². The van der Waals surface area contributed by atoms with Crippen LogP contribution in [0.25, 0.3) is 10.2 Å². The van der Waals surface area contributed by atoms with Crippen LogP contribution in [0.3, 0.4) is 0 Å². The number of aromatic nitrogens is 1. The maximum atomic E-state index is 12.3. The van der Waals surface area contributed by atoms with Crippen LogP contribution in [0.5, 0.6) is 5.75 Å². The first-order valence-corrected chi connectivity index (χ1v) is 11.0. The lowest BCUT2D eigenvalue weighted by molar-refractivity contribution is -0.116. The molecule has 0 bridgehead atoms. The maximum absolute atomic E-state index is 12.3. The zero-order valence-corrected chi connectivity index (χ0v) is 18.3. The number of hydrazone groups is 1. The summed E-state index contributed by atoms with van der Waals surface area (Å²) < 4.78 is 6.95. The van der Waals surface area contributed by atoms with E-state index in [1.165, 1.54) is 16.3 Å². The van der Waals surface area contributed by atoms with E-state index in [1.54, 1.807) is 0 Å². The van der Waals surface area contributed by atoms with Crippen LogP contribution < -0.4 is 15.5 Å². The van der Waals surface area contributed by atoms with Crippen LogP contribution in [0, 0.1) is 0 Å². The molecule has 2 aromatic carbocycles. The quantitative estimate of drug-likeness (QED) is 0.304. The second kappa shape index (κ2) is 9.25. The van der Waals surface area contributed by atoms with Gasteiger partial charge in [-0.05, 0) is 49.4 Å². The predicted octanol–water partition coefficient (Wildman–Crippen LogP) is 4.95. The molecule has 2 N–H and O–H groups in total. The smallest absolute Gasteiger partial charge is 0.253 e. The Hall–Kier alpha value is -3.28. The van der Waals surface area contributed by atoms with Gasteiger partial charge in [-0.1, -0.05) is 35.3 Å². The van der Waals surface area contributed by atoms with Crippen LogP contribution in [-0.4, -0.2) is 21.9 Å². The lowest BCUT2D eigenvalue weighted by atomic mass is 10.1. The molecule has 1 amide bonds. The predicted molar refractivity (Wildman–Crippen MR) is 129 cm³/mol. The van der Waals surface area contributed by atoms with Crippen molar-refractivity contribution in [3.8, 4) is 5.75 Å². The molecule has 156 valence electrons. The zero-order valence-electron chi connectivity index (χ0n) is 16.6. The fourth-order valence-corrected chi connectivity index (χ4v) is 4.21. The zero-order chi connectivity index (χ0) is 21.8. The molecule has 1 aliphatic heterocycles. The van der Waals surface area contributed by atoms with Crippen molar-refractivity contribution < 1.29 is 9.53 Å². The first-order chi connectivity index (χ1) is 15.0. The number of para-hydroxylation sites is 1. The molecule has 8 heteroatoms. The van der Waals surface area contributed by atoms with E-state index in [4.69, 9.17) is 10.5 Å². The standard InChI is InChI=1S/C23H20N4O2S2/c1-2-6-19(29-17-10-11-18-21(14-17)31-23(24)25-18)20(30)12-9-15-13-22(28)27(26-15)16-7-4-3-5-8-16/h3-5,7-8,10-11,14,20,30H,1,9,12-13H2,(H2,24,25). The van der Waals surface area contributed by atoms with E-state index >= 15 is 0 Å².